The van der Waals surface area contributed by atoms with Crippen LogP contribution in [0.4, 0.5) is 0 Å². The Bertz CT molecular complexity index is 547. The number of ether oxygens (including phenoxy) is 1. The van der Waals surface area contributed by atoms with Crippen molar-refractivity contribution in [1.82, 2.24) is 0 Å². The van der Waals surface area contributed by atoms with Gasteiger partial charge in [-0.3, -0.25) is 9.59 Å². The Hall–Kier alpha value is -1.06. The molecule has 0 saturated carbocycles. The average Bonchev–Trinajstić information content (AvgIpc) is 2.95. The van der Waals surface area contributed by atoms with Crippen LogP contribution in [-0.2, 0) is 14.3 Å². The fourth-order valence-corrected chi connectivity index (χ4v) is 5.83. The zero-order valence-electron chi connectivity index (χ0n) is 27.9. The molecule has 0 aromatic carbocycles. The molecule has 4 heteroatoms. The van der Waals surface area contributed by atoms with E-state index in [9.17, 15) is 9.59 Å². The van der Waals surface area contributed by atoms with E-state index in [1.807, 2.05) is 0 Å². The van der Waals surface area contributed by atoms with Crippen molar-refractivity contribution < 1.29 is 19.4 Å². The summed E-state index contributed by atoms with van der Waals surface area (Å²) in [6.07, 6.45) is 38.3. The molecule has 0 fully saturated rings. The van der Waals surface area contributed by atoms with Crippen LogP contribution in [0.2, 0.25) is 0 Å². The van der Waals surface area contributed by atoms with Crippen LogP contribution in [0, 0.1) is 0 Å². The topological polar surface area (TPSA) is 63.6 Å². The van der Waals surface area contributed by atoms with Gasteiger partial charge in [0.05, 0.1) is 0 Å². The highest BCUT2D eigenvalue weighted by Crippen LogP contribution is 2.19. The molecule has 0 aromatic rings. The van der Waals surface area contributed by atoms with Crippen LogP contribution in [0.1, 0.15) is 219 Å². The molecule has 0 aliphatic heterocycles. The molecule has 1 N–H and O–H groups in total. The van der Waals surface area contributed by atoms with E-state index in [0.29, 0.717) is 6.42 Å². The number of aliphatic carboxylic acids is 1. The van der Waals surface area contributed by atoms with Gasteiger partial charge in [-0.05, 0) is 38.5 Å². The molecule has 1 unspecified atom stereocenters. The number of carbonyl (C=O) groups is 2. The van der Waals surface area contributed by atoms with Crippen molar-refractivity contribution >= 4 is 11.9 Å². The summed E-state index contributed by atoms with van der Waals surface area (Å²) in [5.41, 5.74) is 0. The van der Waals surface area contributed by atoms with Gasteiger partial charge in [0.25, 0.3) is 0 Å². The van der Waals surface area contributed by atoms with E-state index in [4.69, 9.17) is 9.84 Å². The predicted octanol–water partition coefficient (Wildman–Crippen LogP) is 12.5. The molecule has 0 saturated heterocycles. The van der Waals surface area contributed by atoms with E-state index in [2.05, 4.69) is 13.8 Å². The second-order valence-electron chi connectivity index (χ2n) is 12.8. The molecule has 1 atom stereocenters. The third-order valence-corrected chi connectivity index (χ3v) is 8.58. The first-order valence-electron chi connectivity index (χ1n) is 18.5. The van der Waals surface area contributed by atoms with Gasteiger partial charge in [0.1, 0.15) is 6.10 Å². The summed E-state index contributed by atoms with van der Waals surface area (Å²) in [5, 5.41) is 8.79. The zero-order chi connectivity index (χ0) is 30.1. The van der Waals surface area contributed by atoms with Crippen molar-refractivity contribution in [3.05, 3.63) is 0 Å². The molecule has 0 spiro atoms. The van der Waals surface area contributed by atoms with Gasteiger partial charge < -0.3 is 9.84 Å². The summed E-state index contributed by atoms with van der Waals surface area (Å²) < 4.78 is 5.98. The molecule has 0 aromatic heterocycles. The predicted molar refractivity (Wildman–Crippen MR) is 177 cm³/mol. The highest BCUT2D eigenvalue weighted by molar-refractivity contribution is 5.69. The van der Waals surface area contributed by atoms with Gasteiger partial charge in [0.15, 0.2) is 0 Å². The lowest BCUT2D eigenvalue weighted by Crippen LogP contribution is -2.18. The largest absolute Gasteiger partial charge is 0.481 e. The third kappa shape index (κ3) is 33.3. The fraction of sp³-hybridized carbons (Fsp3) is 0.946. The lowest BCUT2D eigenvalue weighted by atomic mass is 10.0. The maximum Gasteiger partial charge on any atom is 0.306 e. The molecule has 41 heavy (non-hydrogen) atoms. The van der Waals surface area contributed by atoms with Gasteiger partial charge in [-0.1, -0.05) is 168 Å². The van der Waals surface area contributed by atoms with E-state index >= 15 is 0 Å². The lowest BCUT2D eigenvalue weighted by molar-refractivity contribution is -0.150. The van der Waals surface area contributed by atoms with Crippen LogP contribution < -0.4 is 0 Å². The Balaban J connectivity index is 3.96. The first kappa shape index (κ1) is 39.9. The number of carboxylic acid groups (broad SMARTS) is 1. The van der Waals surface area contributed by atoms with Crippen molar-refractivity contribution in [3.8, 4) is 0 Å². The summed E-state index contributed by atoms with van der Waals surface area (Å²) in [6.45, 7) is 4.55. The Morgan fingerprint density at radius 2 is 0.732 bits per heavy atom. The summed E-state index contributed by atoms with van der Waals surface area (Å²) >= 11 is 0. The van der Waals surface area contributed by atoms with E-state index in [-0.39, 0.29) is 18.5 Å². The molecule has 244 valence electrons. The zero-order valence-corrected chi connectivity index (χ0v) is 27.9. The molecule has 0 heterocycles. The van der Waals surface area contributed by atoms with Crippen LogP contribution in [0.15, 0.2) is 0 Å². The van der Waals surface area contributed by atoms with Crippen molar-refractivity contribution in [2.24, 2.45) is 0 Å². The minimum Gasteiger partial charge on any atom is -0.481 e. The Labute approximate surface area is 256 Å². The van der Waals surface area contributed by atoms with Crippen LogP contribution in [0.25, 0.3) is 0 Å². The van der Waals surface area contributed by atoms with Gasteiger partial charge in [0, 0.05) is 12.8 Å². The first-order valence-corrected chi connectivity index (χ1v) is 18.5. The van der Waals surface area contributed by atoms with E-state index in [1.54, 1.807) is 0 Å². The molecular formula is C37H72O4. The Morgan fingerprint density at radius 3 is 1.07 bits per heavy atom. The molecule has 0 amide bonds. The second-order valence-corrected chi connectivity index (χ2v) is 12.8. The number of rotatable bonds is 34. The Morgan fingerprint density at radius 1 is 0.439 bits per heavy atom. The van der Waals surface area contributed by atoms with E-state index < -0.39 is 5.97 Å². The molecule has 0 radical (unpaired) electrons. The summed E-state index contributed by atoms with van der Waals surface area (Å²) in [5.74, 6) is -0.692. The van der Waals surface area contributed by atoms with Gasteiger partial charge >= 0.3 is 11.9 Å². The number of hydrogen-bond acceptors (Lipinski definition) is 3. The number of unbranched alkanes of at least 4 members (excludes halogenated alkanes) is 25. The van der Waals surface area contributed by atoms with Crippen LogP contribution >= 0.6 is 0 Å². The monoisotopic (exact) mass is 581 g/mol. The van der Waals surface area contributed by atoms with Crippen molar-refractivity contribution in [2.45, 2.75) is 225 Å². The molecule has 0 bridgehead atoms. The lowest BCUT2D eigenvalue weighted by Gasteiger charge is -2.18. The third-order valence-electron chi connectivity index (χ3n) is 8.58. The summed E-state index contributed by atoms with van der Waals surface area (Å²) in [6, 6.07) is 0. The highest BCUT2D eigenvalue weighted by Gasteiger charge is 2.14. The average molecular weight is 581 g/mol. The molecule has 0 aliphatic carbocycles. The van der Waals surface area contributed by atoms with E-state index in [1.165, 1.54) is 128 Å². The fourth-order valence-electron chi connectivity index (χ4n) is 5.83. The van der Waals surface area contributed by atoms with Gasteiger partial charge in [-0.15, -0.1) is 0 Å². The minimum atomic E-state index is -0.697. The minimum absolute atomic E-state index is 0.00585. The molecule has 0 rings (SSSR count). The number of carboxylic acids is 1. The van der Waals surface area contributed by atoms with Gasteiger partial charge in [-0.25, -0.2) is 0 Å². The van der Waals surface area contributed by atoms with Crippen molar-refractivity contribution in [1.29, 1.82) is 0 Å². The van der Waals surface area contributed by atoms with Crippen LogP contribution in [-0.4, -0.2) is 23.1 Å². The normalized spacial score (nSPS) is 12.0. The van der Waals surface area contributed by atoms with Crippen molar-refractivity contribution in [3.63, 3.8) is 0 Å². The maximum absolute atomic E-state index is 12.6. The maximum atomic E-state index is 12.6. The second kappa shape index (κ2) is 33.4. The van der Waals surface area contributed by atoms with E-state index in [0.717, 1.165) is 64.2 Å². The van der Waals surface area contributed by atoms with Crippen LogP contribution in [0.3, 0.4) is 0 Å². The SMILES string of the molecule is CCCCCCCCCCCCCCCCC(=O)OC(CCCCCCCCCCC)CCCCCCCC(=O)O. The summed E-state index contributed by atoms with van der Waals surface area (Å²) in [4.78, 5) is 23.3. The molecule has 4 nitrogen and oxygen atoms in total. The molecule has 0 aliphatic rings. The molecular weight excluding hydrogens is 508 g/mol. The number of hydrogen-bond donors (Lipinski definition) is 1. The Kier molecular flexibility index (Phi) is 32.6. The standard InChI is InChI=1S/C37H72O4/c1-3-5-7-9-11-13-14-15-16-17-19-21-26-30-34-37(40)41-35(32-28-24-22-25-29-33-36(38)39)31-27-23-20-18-12-10-8-6-4-2/h35H,3-34H2,1-2H3,(H,38,39). The van der Waals surface area contributed by atoms with Gasteiger partial charge in [-0.2, -0.15) is 0 Å². The highest BCUT2D eigenvalue weighted by atomic mass is 16.5. The summed E-state index contributed by atoms with van der Waals surface area (Å²) in [7, 11) is 0. The van der Waals surface area contributed by atoms with Crippen LogP contribution in [0.5, 0.6) is 0 Å². The first-order chi connectivity index (χ1) is 20.1. The van der Waals surface area contributed by atoms with Gasteiger partial charge in [0.2, 0.25) is 0 Å². The van der Waals surface area contributed by atoms with Crippen molar-refractivity contribution in [2.75, 3.05) is 0 Å². The number of esters is 1. The quantitative estimate of drug-likeness (QED) is 0.0607. The smallest absolute Gasteiger partial charge is 0.306 e. The number of carbonyl (C=O) groups excluding carboxylic acids is 1.